The van der Waals surface area contributed by atoms with Gasteiger partial charge in [-0.15, -0.1) is 0 Å². The number of nitrogens with zero attached hydrogens (tertiary/aromatic N) is 6. The molecule has 15 aromatic rings. The Labute approximate surface area is 624 Å². The Hall–Kier alpha value is -12.3. The van der Waals surface area contributed by atoms with E-state index in [2.05, 4.69) is 455 Å². The van der Waals surface area contributed by atoms with Crippen LogP contribution in [-0.4, -0.2) is 28.2 Å². The molecule has 3 aliphatic rings. The van der Waals surface area contributed by atoms with Gasteiger partial charge in [-0.05, 0) is 225 Å². The fourth-order valence-electron chi connectivity index (χ4n) is 15.0. The van der Waals surface area contributed by atoms with Crippen molar-refractivity contribution in [2.24, 2.45) is 0 Å². The van der Waals surface area contributed by atoms with Gasteiger partial charge >= 0.3 is 0 Å². The Morgan fingerprint density at radius 3 is 0.914 bits per heavy atom. The van der Waals surface area contributed by atoms with E-state index in [1.807, 2.05) is 17.8 Å². The van der Waals surface area contributed by atoms with Gasteiger partial charge in [-0.1, -0.05) is 246 Å². The highest BCUT2D eigenvalue weighted by Crippen LogP contribution is 2.53. The van der Waals surface area contributed by atoms with Crippen LogP contribution in [0.5, 0.6) is 0 Å². The molecule has 105 heavy (non-hydrogen) atoms. The van der Waals surface area contributed by atoms with Crippen LogP contribution in [0.4, 0.5) is 79.6 Å². The molecule has 0 unspecified atom stereocenters. The highest BCUT2D eigenvalue weighted by Gasteiger charge is 2.37. The molecule has 2 aliphatic carbocycles. The number of hydrogen-bond acceptors (Lipinski definition) is 7. The molecule has 18 rings (SSSR count). The SMILES string of the molecule is CN(c1ccc(N(c2ccccc2)c2ccccc2)cc1)c1ccc(N(c2ccccc2)c2ccccc2)cc1.CN(c1ccc2c(c1)C(C)(C)c1ccccc1-2)c1ccc2c(c1)C(C)(C)c1ccccc1-2.CN(c1ccccc1)c1ccc2ccccc2c1.CN1c2ccccc2Sc2ccccc21. The van der Waals surface area contributed by atoms with Crippen molar-refractivity contribution in [2.75, 3.05) is 57.6 Å². The van der Waals surface area contributed by atoms with Crippen LogP contribution in [0.3, 0.4) is 0 Å². The first kappa shape index (κ1) is 68.5. The van der Waals surface area contributed by atoms with E-state index in [9.17, 15) is 0 Å². The fraction of sp³-hybridized carbons (Fsp3) is 0.102. The minimum atomic E-state index is 0.0182. The first-order valence-corrected chi connectivity index (χ1v) is 36.9. The maximum Gasteiger partial charge on any atom is 0.0550 e. The van der Waals surface area contributed by atoms with Gasteiger partial charge in [0.25, 0.3) is 0 Å². The number of rotatable bonds is 12. The summed E-state index contributed by atoms with van der Waals surface area (Å²) in [5.74, 6) is 0. The Morgan fingerprint density at radius 2 is 0.495 bits per heavy atom. The molecule has 0 bridgehead atoms. The van der Waals surface area contributed by atoms with Crippen LogP contribution >= 0.6 is 11.8 Å². The molecule has 7 heteroatoms. The van der Waals surface area contributed by atoms with Gasteiger partial charge in [0, 0.05) is 117 Å². The summed E-state index contributed by atoms with van der Waals surface area (Å²) in [5, 5.41) is 2.56. The summed E-state index contributed by atoms with van der Waals surface area (Å²) < 4.78 is 0. The van der Waals surface area contributed by atoms with Crippen LogP contribution in [0.25, 0.3) is 33.0 Å². The number of benzene rings is 15. The average molecular weight is 1380 g/mol. The predicted molar refractivity (Wildman–Crippen MR) is 450 cm³/mol. The molecule has 514 valence electrons. The zero-order valence-corrected chi connectivity index (χ0v) is 61.7. The van der Waals surface area contributed by atoms with Crippen LogP contribution in [0.2, 0.25) is 0 Å². The van der Waals surface area contributed by atoms with Crippen LogP contribution in [0, 0.1) is 0 Å². The quantitative estimate of drug-likeness (QED) is 0.120. The monoisotopic (exact) mass is 1380 g/mol. The number of anilines is 14. The van der Waals surface area contributed by atoms with E-state index in [0.29, 0.717) is 0 Å². The smallest absolute Gasteiger partial charge is 0.0550 e. The summed E-state index contributed by atoms with van der Waals surface area (Å²) in [6, 6.07) is 133. The minimum Gasteiger partial charge on any atom is -0.345 e. The standard InChI is InChI=1S/C37H31N3.C31H29N.C17H15N.C13H11NS/c1-38(30-22-26-36(27-23-30)39(32-14-6-2-7-15-32)33-16-8-3-9-17-33)31-24-28-37(29-25-31)40(34-18-10-4-11-19-34)35-20-12-5-13-21-35;1-30(2)26-12-8-6-10-22(26)24-16-14-20(18-28(24)30)32(5)21-15-17-25-23-11-7-9-13-27(23)31(3,4)29(25)19-21;1-18(16-9-3-2-4-10-16)17-12-11-14-7-5-6-8-15(14)13-17;1-14-10-6-2-4-8-12(10)15-13-9-5-3-7-11(13)14/h2-29H,1H3;6-19H,1-5H3;2-13H,1H3;2-9H,1H3. The molecule has 6 nitrogen and oxygen atoms in total. The highest BCUT2D eigenvalue weighted by molar-refractivity contribution is 7.99. The molecular weight excluding hydrogens is 1290 g/mol. The van der Waals surface area contributed by atoms with Crippen LogP contribution in [0.15, 0.2) is 386 Å². The van der Waals surface area contributed by atoms with Crippen molar-refractivity contribution in [3.8, 4) is 22.3 Å². The van der Waals surface area contributed by atoms with Gasteiger partial charge in [-0.2, -0.15) is 0 Å². The summed E-state index contributed by atoms with van der Waals surface area (Å²) in [6.45, 7) is 9.38. The molecule has 0 spiro atoms. The van der Waals surface area contributed by atoms with Crippen molar-refractivity contribution >= 4 is 102 Å². The third kappa shape index (κ3) is 14.0. The molecule has 0 saturated carbocycles. The van der Waals surface area contributed by atoms with Crippen LogP contribution in [-0.2, 0) is 10.8 Å². The van der Waals surface area contributed by atoms with E-state index in [0.717, 1.165) is 45.5 Å². The lowest BCUT2D eigenvalue weighted by Crippen LogP contribution is -2.17. The molecule has 0 N–H and O–H groups in total. The van der Waals surface area contributed by atoms with Crippen molar-refractivity contribution in [3.63, 3.8) is 0 Å². The summed E-state index contributed by atoms with van der Waals surface area (Å²) in [6.07, 6.45) is 0. The molecule has 0 fully saturated rings. The first-order chi connectivity index (χ1) is 51.3. The molecule has 0 amide bonds. The Balaban J connectivity index is 0.000000120. The highest BCUT2D eigenvalue weighted by atomic mass is 32.2. The molecule has 1 heterocycles. The van der Waals surface area contributed by atoms with E-state index in [1.165, 1.54) is 99.2 Å². The van der Waals surface area contributed by atoms with E-state index in [4.69, 9.17) is 0 Å². The topological polar surface area (TPSA) is 19.4 Å². The van der Waals surface area contributed by atoms with Crippen LogP contribution in [0.1, 0.15) is 49.9 Å². The van der Waals surface area contributed by atoms with Crippen molar-refractivity contribution < 1.29 is 0 Å². The molecule has 0 saturated heterocycles. The predicted octanol–water partition coefficient (Wildman–Crippen LogP) is 27.0. The van der Waals surface area contributed by atoms with Gasteiger partial charge in [-0.3, -0.25) is 0 Å². The number of hydrogen-bond donors (Lipinski definition) is 0. The Bertz CT molecular complexity index is 5120. The molecule has 0 radical (unpaired) electrons. The third-order valence-corrected chi connectivity index (χ3v) is 22.0. The molecular formula is C98H86N6S. The normalized spacial score (nSPS) is 12.7. The second-order valence-corrected chi connectivity index (χ2v) is 29.1. The van der Waals surface area contributed by atoms with E-state index >= 15 is 0 Å². The molecule has 0 aromatic heterocycles. The summed E-state index contributed by atoms with van der Waals surface area (Å²) in [7, 11) is 8.52. The lowest BCUT2D eigenvalue weighted by Gasteiger charge is -2.29. The van der Waals surface area contributed by atoms with Gasteiger partial charge in [-0.25, -0.2) is 0 Å². The third-order valence-electron chi connectivity index (χ3n) is 20.9. The van der Waals surface area contributed by atoms with Gasteiger partial charge in [0.1, 0.15) is 0 Å². The largest absolute Gasteiger partial charge is 0.345 e. The number of para-hydroxylation sites is 7. The van der Waals surface area contributed by atoms with Crippen molar-refractivity contribution in [1.82, 2.24) is 0 Å². The van der Waals surface area contributed by atoms with Crippen molar-refractivity contribution in [3.05, 3.63) is 398 Å². The fourth-order valence-corrected chi connectivity index (χ4v) is 16.2. The van der Waals surface area contributed by atoms with Crippen molar-refractivity contribution in [1.29, 1.82) is 0 Å². The van der Waals surface area contributed by atoms with Gasteiger partial charge in [0.05, 0.1) is 11.4 Å². The average Bonchev–Trinajstić information content (AvgIpc) is 1.59. The summed E-state index contributed by atoms with van der Waals surface area (Å²) >= 11 is 1.84. The zero-order chi connectivity index (χ0) is 72.0. The van der Waals surface area contributed by atoms with E-state index in [1.54, 1.807) is 0 Å². The lowest BCUT2D eigenvalue weighted by atomic mass is 9.82. The van der Waals surface area contributed by atoms with E-state index in [-0.39, 0.29) is 10.8 Å². The molecule has 15 aromatic carbocycles. The van der Waals surface area contributed by atoms with Crippen LogP contribution < -0.4 is 29.4 Å². The summed E-state index contributed by atoms with van der Waals surface area (Å²) in [5.41, 5.74) is 27.7. The number of fused-ring (bicyclic) bond motifs is 9. The molecule has 1 aliphatic heterocycles. The lowest BCUT2D eigenvalue weighted by molar-refractivity contribution is 0.660. The Kier molecular flexibility index (Phi) is 19.5. The van der Waals surface area contributed by atoms with E-state index < -0.39 is 0 Å². The van der Waals surface area contributed by atoms with Crippen molar-refractivity contribution in [2.45, 2.75) is 48.3 Å². The maximum absolute atomic E-state index is 2.39. The van der Waals surface area contributed by atoms with Gasteiger partial charge < -0.3 is 29.4 Å². The first-order valence-electron chi connectivity index (χ1n) is 36.1. The Morgan fingerprint density at radius 1 is 0.229 bits per heavy atom. The van der Waals surface area contributed by atoms with Gasteiger partial charge in [0.2, 0.25) is 0 Å². The molecule has 0 atom stereocenters. The zero-order valence-electron chi connectivity index (χ0n) is 60.9. The summed E-state index contributed by atoms with van der Waals surface area (Å²) in [4.78, 5) is 16.2. The minimum absolute atomic E-state index is 0.0182. The second kappa shape index (κ2) is 30.0. The maximum atomic E-state index is 2.39. The van der Waals surface area contributed by atoms with Gasteiger partial charge in [0.15, 0.2) is 0 Å². The second-order valence-electron chi connectivity index (χ2n) is 28.0.